The van der Waals surface area contributed by atoms with Crippen LogP contribution < -0.4 is 5.73 Å². The van der Waals surface area contributed by atoms with Gasteiger partial charge in [-0.15, -0.1) is 0 Å². The highest BCUT2D eigenvalue weighted by Gasteiger charge is 2.27. The standard InChI is InChI=1S/C13H27N/c1-3-7-11(8-4-2)13(14)12-9-5-6-10-12/h11-13H,3-10,14H2,1-2H3. The first kappa shape index (κ1) is 12.0. The van der Waals surface area contributed by atoms with Crippen LogP contribution in [0.5, 0.6) is 0 Å². The molecule has 0 spiro atoms. The average molecular weight is 197 g/mol. The summed E-state index contributed by atoms with van der Waals surface area (Å²) in [5, 5.41) is 0. The molecule has 14 heavy (non-hydrogen) atoms. The third kappa shape index (κ3) is 3.27. The molecule has 1 aliphatic rings. The van der Waals surface area contributed by atoms with E-state index >= 15 is 0 Å². The molecule has 0 radical (unpaired) electrons. The third-order valence-corrected chi connectivity index (χ3v) is 3.81. The number of hydrogen-bond donors (Lipinski definition) is 1. The second-order valence-electron chi connectivity index (χ2n) is 4.96. The molecule has 1 atom stereocenters. The summed E-state index contributed by atoms with van der Waals surface area (Å²) in [7, 11) is 0. The Hall–Kier alpha value is -0.0400. The molecule has 1 saturated carbocycles. The van der Waals surface area contributed by atoms with Crippen molar-refractivity contribution in [3.05, 3.63) is 0 Å². The molecule has 0 amide bonds. The highest BCUT2D eigenvalue weighted by Crippen LogP contribution is 2.32. The van der Waals surface area contributed by atoms with Crippen molar-refractivity contribution in [3.8, 4) is 0 Å². The van der Waals surface area contributed by atoms with Crippen LogP contribution in [-0.2, 0) is 0 Å². The minimum atomic E-state index is 0.498. The van der Waals surface area contributed by atoms with Gasteiger partial charge in [-0.05, 0) is 37.5 Å². The van der Waals surface area contributed by atoms with Gasteiger partial charge in [0.1, 0.15) is 0 Å². The van der Waals surface area contributed by atoms with Gasteiger partial charge < -0.3 is 5.73 Å². The first-order valence-corrected chi connectivity index (χ1v) is 6.55. The van der Waals surface area contributed by atoms with Crippen LogP contribution in [-0.4, -0.2) is 6.04 Å². The lowest BCUT2D eigenvalue weighted by Crippen LogP contribution is -2.36. The summed E-state index contributed by atoms with van der Waals surface area (Å²) in [6.45, 7) is 4.56. The van der Waals surface area contributed by atoms with Crippen molar-refractivity contribution in [1.29, 1.82) is 0 Å². The van der Waals surface area contributed by atoms with Gasteiger partial charge in [0, 0.05) is 6.04 Å². The zero-order valence-electron chi connectivity index (χ0n) is 9.97. The summed E-state index contributed by atoms with van der Waals surface area (Å²) >= 11 is 0. The Morgan fingerprint density at radius 2 is 1.57 bits per heavy atom. The molecule has 1 rings (SSSR count). The van der Waals surface area contributed by atoms with E-state index in [4.69, 9.17) is 5.73 Å². The van der Waals surface area contributed by atoms with Crippen LogP contribution in [0, 0.1) is 11.8 Å². The molecule has 0 saturated heterocycles. The molecule has 1 nitrogen and oxygen atoms in total. The molecule has 0 aromatic carbocycles. The highest BCUT2D eigenvalue weighted by molar-refractivity contribution is 4.83. The van der Waals surface area contributed by atoms with Gasteiger partial charge in [0.05, 0.1) is 0 Å². The van der Waals surface area contributed by atoms with E-state index in [1.54, 1.807) is 0 Å². The van der Waals surface area contributed by atoms with Crippen LogP contribution in [0.1, 0.15) is 65.2 Å². The van der Waals surface area contributed by atoms with E-state index in [0.29, 0.717) is 6.04 Å². The molecule has 0 aromatic heterocycles. The van der Waals surface area contributed by atoms with Crippen LogP contribution in [0.2, 0.25) is 0 Å². The van der Waals surface area contributed by atoms with Crippen molar-refractivity contribution in [1.82, 2.24) is 0 Å². The van der Waals surface area contributed by atoms with Gasteiger partial charge in [-0.2, -0.15) is 0 Å². The zero-order chi connectivity index (χ0) is 10.4. The quantitative estimate of drug-likeness (QED) is 0.690. The van der Waals surface area contributed by atoms with Gasteiger partial charge in [-0.25, -0.2) is 0 Å². The molecule has 0 aliphatic heterocycles. The highest BCUT2D eigenvalue weighted by atomic mass is 14.7. The van der Waals surface area contributed by atoms with Crippen LogP contribution in [0.3, 0.4) is 0 Å². The first-order chi connectivity index (χ1) is 6.79. The average Bonchev–Trinajstić information content (AvgIpc) is 2.69. The summed E-state index contributed by atoms with van der Waals surface area (Å²) in [5.41, 5.74) is 6.40. The van der Waals surface area contributed by atoms with E-state index in [1.807, 2.05) is 0 Å². The maximum absolute atomic E-state index is 6.40. The van der Waals surface area contributed by atoms with Crippen molar-refractivity contribution >= 4 is 0 Å². The molecule has 1 aliphatic carbocycles. The van der Waals surface area contributed by atoms with Crippen LogP contribution in [0.15, 0.2) is 0 Å². The lowest BCUT2D eigenvalue weighted by molar-refractivity contribution is 0.279. The SMILES string of the molecule is CCCC(CCC)C(N)C1CCCC1. The molecular weight excluding hydrogens is 170 g/mol. The van der Waals surface area contributed by atoms with Gasteiger partial charge in [0.15, 0.2) is 0 Å². The van der Waals surface area contributed by atoms with E-state index in [1.165, 1.54) is 51.4 Å². The zero-order valence-corrected chi connectivity index (χ0v) is 9.97. The molecule has 0 aromatic rings. The van der Waals surface area contributed by atoms with Crippen molar-refractivity contribution in [2.45, 2.75) is 71.3 Å². The Labute approximate surface area is 89.5 Å². The van der Waals surface area contributed by atoms with Crippen molar-refractivity contribution in [2.24, 2.45) is 17.6 Å². The smallest absolute Gasteiger partial charge is 0.00956 e. The second kappa shape index (κ2) is 6.44. The Balaban J connectivity index is 2.39. The topological polar surface area (TPSA) is 26.0 Å². The molecule has 1 unspecified atom stereocenters. The van der Waals surface area contributed by atoms with Gasteiger partial charge in [0.2, 0.25) is 0 Å². The van der Waals surface area contributed by atoms with Crippen molar-refractivity contribution in [2.75, 3.05) is 0 Å². The van der Waals surface area contributed by atoms with E-state index in [9.17, 15) is 0 Å². The Kier molecular flexibility index (Phi) is 5.54. The first-order valence-electron chi connectivity index (χ1n) is 6.55. The minimum absolute atomic E-state index is 0.498. The van der Waals surface area contributed by atoms with Gasteiger partial charge in [-0.3, -0.25) is 0 Å². The fraction of sp³-hybridized carbons (Fsp3) is 1.00. The fourth-order valence-electron chi connectivity index (χ4n) is 3.00. The molecule has 1 fully saturated rings. The molecule has 0 bridgehead atoms. The lowest BCUT2D eigenvalue weighted by Gasteiger charge is -2.28. The van der Waals surface area contributed by atoms with Crippen molar-refractivity contribution in [3.63, 3.8) is 0 Å². The summed E-state index contributed by atoms with van der Waals surface area (Å²) in [5.74, 6) is 1.64. The molecular formula is C13H27N. The molecule has 1 heteroatoms. The predicted molar refractivity (Wildman–Crippen MR) is 63.2 cm³/mol. The molecule has 2 N–H and O–H groups in total. The normalized spacial score (nSPS) is 20.6. The van der Waals surface area contributed by atoms with Crippen LogP contribution in [0.4, 0.5) is 0 Å². The summed E-state index contributed by atoms with van der Waals surface area (Å²) in [6, 6.07) is 0.498. The van der Waals surface area contributed by atoms with E-state index in [2.05, 4.69) is 13.8 Å². The van der Waals surface area contributed by atoms with E-state index in [-0.39, 0.29) is 0 Å². The van der Waals surface area contributed by atoms with Crippen LogP contribution in [0.25, 0.3) is 0 Å². The summed E-state index contributed by atoms with van der Waals surface area (Å²) in [6.07, 6.45) is 10.9. The number of nitrogens with two attached hydrogens (primary N) is 1. The van der Waals surface area contributed by atoms with Gasteiger partial charge in [0.25, 0.3) is 0 Å². The number of hydrogen-bond acceptors (Lipinski definition) is 1. The van der Waals surface area contributed by atoms with Gasteiger partial charge >= 0.3 is 0 Å². The summed E-state index contributed by atoms with van der Waals surface area (Å²) < 4.78 is 0. The monoisotopic (exact) mass is 197 g/mol. The minimum Gasteiger partial charge on any atom is -0.327 e. The van der Waals surface area contributed by atoms with E-state index < -0.39 is 0 Å². The Bertz CT molecular complexity index is 132. The van der Waals surface area contributed by atoms with E-state index in [0.717, 1.165) is 11.8 Å². The largest absolute Gasteiger partial charge is 0.327 e. The Morgan fingerprint density at radius 1 is 1.07 bits per heavy atom. The molecule has 0 heterocycles. The van der Waals surface area contributed by atoms with Crippen LogP contribution >= 0.6 is 0 Å². The Morgan fingerprint density at radius 3 is 2.00 bits per heavy atom. The summed E-state index contributed by atoms with van der Waals surface area (Å²) in [4.78, 5) is 0. The molecule has 84 valence electrons. The maximum atomic E-state index is 6.40. The predicted octanol–water partition coefficient (Wildman–Crippen LogP) is 3.72. The second-order valence-corrected chi connectivity index (χ2v) is 4.96. The number of rotatable bonds is 6. The third-order valence-electron chi connectivity index (χ3n) is 3.81. The van der Waals surface area contributed by atoms with Gasteiger partial charge in [-0.1, -0.05) is 39.5 Å². The lowest BCUT2D eigenvalue weighted by atomic mass is 9.82. The fourth-order valence-corrected chi connectivity index (χ4v) is 3.00. The maximum Gasteiger partial charge on any atom is 0.00956 e. The van der Waals surface area contributed by atoms with Crippen molar-refractivity contribution < 1.29 is 0 Å².